The lowest BCUT2D eigenvalue weighted by Crippen LogP contribution is -2.47. The molecule has 0 spiro atoms. The molecule has 3 rings (SSSR count). The van der Waals surface area contributed by atoms with E-state index < -0.39 is 0 Å². The minimum absolute atomic E-state index is 0.832. The van der Waals surface area contributed by atoms with Crippen LogP contribution in [0.5, 0.6) is 0 Å². The molecule has 0 aromatic heterocycles. The third kappa shape index (κ3) is 2.78. The van der Waals surface area contributed by atoms with Gasteiger partial charge in [0, 0.05) is 18.1 Å². The number of nitrogens with zero attached hydrogens (tertiary/aromatic N) is 1. The Hall–Kier alpha value is -0.0800. The monoisotopic (exact) mass is 222 g/mol. The highest BCUT2D eigenvalue weighted by Gasteiger charge is 2.32. The van der Waals surface area contributed by atoms with Crippen molar-refractivity contribution in [2.75, 3.05) is 13.1 Å². The van der Waals surface area contributed by atoms with E-state index in [1.54, 1.807) is 0 Å². The van der Waals surface area contributed by atoms with Gasteiger partial charge in [-0.3, -0.25) is 0 Å². The first-order valence-corrected chi connectivity index (χ1v) is 7.42. The molecule has 0 radical (unpaired) electrons. The van der Waals surface area contributed by atoms with E-state index in [1.807, 2.05) is 0 Å². The summed E-state index contributed by atoms with van der Waals surface area (Å²) in [5.74, 6) is 0. The van der Waals surface area contributed by atoms with Gasteiger partial charge in [-0.25, -0.2) is 0 Å². The van der Waals surface area contributed by atoms with Crippen LogP contribution in [-0.2, 0) is 0 Å². The second kappa shape index (κ2) is 5.05. The van der Waals surface area contributed by atoms with Crippen LogP contribution in [0.1, 0.15) is 57.8 Å². The molecule has 0 aromatic carbocycles. The minimum Gasteiger partial charge on any atom is -0.311 e. The van der Waals surface area contributed by atoms with Crippen molar-refractivity contribution in [2.45, 2.75) is 75.9 Å². The van der Waals surface area contributed by atoms with E-state index in [0.29, 0.717) is 0 Å². The van der Waals surface area contributed by atoms with Gasteiger partial charge in [-0.05, 0) is 51.6 Å². The molecule has 1 saturated heterocycles. The normalized spacial score (nSPS) is 30.8. The Kier molecular flexibility index (Phi) is 3.49. The molecule has 0 atom stereocenters. The second-order valence-electron chi connectivity index (χ2n) is 6.04. The molecular formula is C14H26N2. The van der Waals surface area contributed by atoms with Gasteiger partial charge in [-0.15, -0.1) is 0 Å². The van der Waals surface area contributed by atoms with Gasteiger partial charge in [0.05, 0.1) is 0 Å². The highest BCUT2D eigenvalue weighted by atomic mass is 15.2. The molecule has 2 heteroatoms. The Balaban J connectivity index is 1.39. The number of nitrogens with one attached hydrogen (secondary N) is 1. The molecule has 1 aliphatic heterocycles. The summed E-state index contributed by atoms with van der Waals surface area (Å²) in [7, 11) is 0. The highest BCUT2D eigenvalue weighted by Crippen LogP contribution is 2.29. The van der Waals surface area contributed by atoms with Crippen LogP contribution in [-0.4, -0.2) is 36.1 Å². The topological polar surface area (TPSA) is 15.3 Å². The number of piperidine rings is 1. The zero-order chi connectivity index (χ0) is 10.8. The van der Waals surface area contributed by atoms with Gasteiger partial charge < -0.3 is 10.2 Å². The van der Waals surface area contributed by atoms with Gasteiger partial charge in [0.25, 0.3) is 0 Å². The third-order valence-electron chi connectivity index (χ3n) is 4.67. The van der Waals surface area contributed by atoms with Crippen molar-refractivity contribution >= 4 is 0 Å². The predicted molar refractivity (Wildman–Crippen MR) is 67.6 cm³/mol. The standard InChI is InChI=1S/C14H26N2/c1-2-4-12(5-3-1)15-13-8-10-16(11-9-13)14-6-7-14/h12-15H,1-11H2. The molecule has 2 aliphatic carbocycles. The van der Waals surface area contributed by atoms with Crippen molar-refractivity contribution < 1.29 is 0 Å². The van der Waals surface area contributed by atoms with E-state index in [9.17, 15) is 0 Å². The first-order chi connectivity index (χ1) is 7.92. The Morgan fingerprint density at radius 1 is 0.688 bits per heavy atom. The molecule has 1 heterocycles. The van der Waals surface area contributed by atoms with E-state index in [0.717, 1.165) is 18.1 Å². The molecule has 92 valence electrons. The molecule has 0 amide bonds. The third-order valence-corrected chi connectivity index (χ3v) is 4.67. The summed E-state index contributed by atoms with van der Waals surface area (Å²) < 4.78 is 0. The van der Waals surface area contributed by atoms with Crippen LogP contribution in [0.4, 0.5) is 0 Å². The van der Waals surface area contributed by atoms with E-state index in [4.69, 9.17) is 0 Å². The molecule has 2 saturated carbocycles. The predicted octanol–water partition coefficient (Wildman–Crippen LogP) is 2.54. The van der Waals surface area contributed by atoms with Gasteiger partial charge in [0.2, 0.25) is 0 Å². The zero-order valence-corrected chi connectivity index (χ0v) is 10.5. The van der Waals surface area contributed by atoms with Crippen LogP contribution in [0, 0.1) is 0 Å². The molecular weight excluding hydrogens is 196 g/mol. The van der Waals surface area contributed by atoms with Crippen LogP contribution in [0.15, 0.2) is 0 Å². The second-order valence-corrected chi connectivity index (χ2v) is 6.04. The maximum absolute atomic E-state index is 3.91. The summed E-state index contributed by atoms with van der Waals surface area (Å²) in [4.78, 5) is 2.72. The Morgan fingerprint density at radius 2 is 1.31 bits per heavy atom. The average Bonchev–Trinajstić information content (AvgIpc) is 3.15. The van der Waals surface area contributed by atoms with Crippen molar-refractivity contribution in [3.63, 3.8) is 0 Å². The highest BCUT2D eigenvalue weighted by molar-refractivity contribution is 4.89. The molecule has 0 aromatic rings. The zero-order valence-electron chi connectivity index (χ0n) is 10.5. The maximum atomic E-state index is 3.91. The van der Waals surface area contributed by atoms with E-state index in [2.05, 4.69) is 10.2 Å². The minimum atomic E-state index is 0.832. The Bertz CT molecular complexity index is 211. The quantitative estimate of drug-likeness (QED) is 0.789. The summed E-state index contributed by atoms with van der Waals surface area (Å²) in [6.07, 6.45) is 13.0. The van der Waals surface area contributed by atoms with Crippen molar-refractivity contribution in [3.8, 4) is 0 Å². The van der Waals surface area contributed by atoms with E-state index in [-0.39, 0.29) is 0 Å². The molecule has 2 nitrogen and oxygen atoms in total. The van der Waals surface area contributed by atoms with Crippen molar-refractivity contribution in [1.82, 2.24) is 10.2 Å². The van der Waals surface area contributed by atoms with Gasteiger partial charge >= 0.3 is 0 Å². The lowest BCUT2D eigenvalue weighted by atomic mass is 9.93. The van der Waals surface area contributed by atoms with Crippen LogP contribution >= 0.6 is 0 Å². The molecule has 16 heavy (non-hydrogen) atoms. The largest absolute Gasteiger partial charge is 0.311 e. The van der Waals surface area contributed by atoms with E-state index >= 15 is 0 Å². The number of likely N-dealkylation sites (tertiary alicyclic amines) is 1. The van der Waals surface area contributed by atoms with Crippen LogP contribution in [0.25, 0.3) is 0 Å². The van der Waals surface area contributed by atoms with Crippen LogP contribution in [0.3, 0.4) is 0 Å². The first-order valence-electron chi connectivity index (χ1n) is 7.42. The van der Waals surface area contributed by atoms with E-state index in [1.165, 1.54) is 70.9 Å². The van der Waals surface area contributed by atoms with Gasteiger partial charge in [-0.1, -0.05) is 19.3 Å². The summed E-state index contributed by atoms with van der Waals surface area (Å²) in [5.41, 5.74) is 0. The fraction of sp³-hybridized carbons (Fsp3) is 1.00. The van der Waals surface area contributed by atoms with Crippen molar-refractivity contribution in [2.24, 2.45) is 0 Å². The first kappa shape index (κ1) is 11.0. The number of hydrogen-bond donors (Lipinski definition) is 1. The molecule has 0 unspecified atom stereocenters. The molecule has 3 aliphatic rings. The Labute approximate surface area is 99.8 Å². The van der Waals surface area contributed by atoms with Gasteiger partial charge in [0.15, 0.2) is 0 Å². The summed E-state index contributed by atoms with van der Waals surface area (Å²) in [5, 5.41) is 3.91. The molecule has 3 fully saturated rings. The summed E-state index contributed by atoms with van der Waals surface area (Å²) in [6.45, 7) is 2.71. The SMILES string of the molecule is C1CCC(NC2CCN(C3CC3)CC2)CC1. The smallest absolute Gasteiger partial charge is 0.00964 e. The lowest BCUT2D eigenvalue weighted by molar-refractivity contribution is 0.177. The molecule has 1 N–H and O–H groups in total. The Morgan fingerprint density at radius 3 is 1.94 bits per heavy atom. The van der Waals surface area contributed by atoms with Crippen molar-refractivity contribution in [1.29, 1.82) is 0 Å². The van der Waals surface area contributed by atoms with Crippen molar-refractivity contribution in [3.05, 3.63) is 0 Å². The fourth-order valence-electron chi connectivity index (χ4n) is 3.47. The number of rotatable bonds is 3. The average molecular weight is 222 g/mol. The van der Waals surface area contributed by atoms with Gasteiger partial charge in [-0.2, -0.15) is 0 Å². The lowest BCUT2D eigenvalue weighted by Gasteiger charge is -2.35. The molecule has 0 bridgehead atoms. The van der Waals surface area contributed by atoms with Crippen LogP contribution in [0.2, 0.25) is 0 Å². The summed E-state index contributed by atoms with van der Waals surface area (Å²) in [6, 6.07) is 2.67. The maximum Gasteiger partial charge on any atom is 0.00964 e. The van der Waals surface area contributed by atoms with Gasteiger partial charge in [0.1, 0.15) is 0 Å². The fourth-order valence-corrected chi connectivity index (χ4v) is 3.47. The number of hydrogen-bond acceptors (Lipinski definition) is 2. The summed E-state index contributed by atoms with van der Waals surface area (Å²) >= 11 is 0. The van der Waals surface area contributed by atoms with Crippen LogP contribution < -0.4 is 5.32 Å².